The van der Waals surface area contributed by atoms with Crippen molar-refractivity contribution >= 4 is 6.09 Å². The van der Waals surface area contributed by atoms with Gasteiger partial charge in [-0.15, -0.1) is 6.42 Å². The molecule has 0 unspecified atom stereocenters. The molecule has 0 N–H and O–H groups in total. The summed E-state index contributed by atoms with van der Waals surface area (Å²) in [5.74, 6) is 2.74. The molecule has 17 heavy (non-hydrogen) atoms. The van der Waals surface area contributed by atoms with Gasteiger partial charge in [-0.1, -0.05) is 5.92 Å². The van der Waals surface area contributed by atoms with Gasteiger partial charge in [0.25, 0.3) is 0 Å². The Kier molecular flexibility index (Phi) is 2.50. The van der Waals surface area contributed by atoms with Crippen LogP contribution in [0.5, 0.6) is 0 Å². The van der Waals surface area contributed by atoms with Gasteiger partial charge >= 0.3 is 6.09 Å². The van der Waals surface area contributed by atoms with Gasteiger partial charge in [-0.2, -0.15) is 0 Å². The summed E-state index contributed by atoms with van der Waals surface area (Å²) in [5, 5.41) is 0. The third kappa shape index (κ3) is 2.33. The number of carbonyl (C=O) groups is 1. The molecule has 1 saturated carbocycles. The third-order valence-corrected chi connectivity index (χ3v) is 2.70. The molecule has 4 heteroatoms. The zero-order chi connectivity index (χ0) is 12.7. The van der Waals surface area contributed by atoms with Gasteiger partial charge in [0, 0.05) is 6.20 Å². The maximum atomic E-state index is 11.8. The van der Waals surface area contributed by atoms with Crippen molar-refractivity contribution in [2.75, 3.05) is 0 Å². The van der Waals surface area contributed by atoms with Crippen LogP contribution in [-0.2, 0) is 10.2 Å². The first-order valence-corrected chi connectivity index (χ1v) is 5.62. The summed E-state index contributed by atoms with van der Waals surface area (Å²) in [6.07, 6.45) is 10.1. The molecule has 1 aliphatic rings. The molecule has 1 heterocycles. The zero-order valence-electron chi connectivity index (χ0n) is 10.4. The lowest BCUT2D eigenvalue weighted by molar-refractivity contribution is 0.0536. The average molecular weight is 232 g/mol. The number of aromatic nitrogens is 2. The Bertz CT molecular complexity index is 484. The van der Waals surface area contributed by atoms with Crippen LogP contribution in [0.3, 0.4) is 0 Å². The van der Waals surface area contributed by atoms with Crippen LogP contribution in [0, 0.1) is 12.3 Å². The second kappa shape index (κ2) is 3.63. The standard InChI is InChI=1S/C13H16N2O2/c1-5-13(6-7-13)10-8-15(9-14-10)11(16)17-12(2,3)4/h1,8-9H,6-7H2,2-4H3. The summed E-state index contributed by atoms with van der Waals surface area (Å²) in [5.41, 5.74) is 0.0314. The first-order valence-electron chi connectivity index (χ1n) is 5.62. The molecule has 0 aromatic carbocycles. The van der Waals surface area contributed by atoms with E-state index < -0.39 is 11.7 Å². The number of ether oxygens (including phenoxy) is 1. The van der Waals surface area contributed by atoms with Crippen LogP contribution in [-0.4, -0.2) is 21.2 Å². The van der Waals surface area contributed by atoms with E-state index in [-0.39, 0.29) is 5.41 Å². The van der Waals surface area contributed by atoms with Crippen LogP contribution < -0.4 is 0 Å². The van der Waals surface area contributed by atoms with Gasteiger partial charge in [-0.05, 0) is 33.6 Å². The molecule has 0 spiro atoms. The summed E-state index contributed by atoms with van der Waals surface area (Å²) in [7, 11) is 0. The lowest BCUT2D eigenvalue weighted by atomic mass is 10.1. The van der Waals surface area contributed by atoms with E-state index in [4.69, 9.17) is 11.2 Å². The van der Waals surface area contributed by atoms with Gasteiger partial charge < -0.3 is 4.74 Å². The van der Waals surface area contributed by atoms with Gasteiger partial charge in [-0.3, -0.25) is 0 Å². The minimum Gasteiger partial charge on any atom is -0.443 e. The highest BCUT2D eigenvalue weighted by molar-refractivity contribution is 5.70. The normalized spacial score (nSPS) is 17.3. The predicted molar refractivity (Wildman–Crippen MR) is 63.6 cm³/mol. The Balaban J connectivity index is 2.15. The van der Waals surface area contributed by atoms with Gasteiger partial charge in [-0.25, -0.2) is 14.3 Å². The highest BCUT2D eigenvalue weighted by Gasteiger charge is 2.44. The molecule has 2 rings (SSSR count). The number of imidazole rings is 1. The van der Waals surface area contributed by atoms with Crippen LogP contribution in [0.4, 0.5) is 4.79 Å². The van der Waals surface area contributed by atoms with Crippen molar-refractivity contribution in [2.24, 2.45) is 0 Å². The van der Waals surface area contributed by atoms with Gasteiger partial charge in [0.1, 0.15) is 11.9 Å². The van der Waals surface area contributed by atoms with E-state index in [2.05, 4.69) is 10.9 Å². The SMILES string of the molecule is C#CC1(c2cn(C(=O)OC(C)(C)C)cn2)CC1. The number of terminal acetylenes is 1. The lowest BCUT2D eigenvalue weighted by Gasteiger charge is -2.19. The van der Waals surface area contributed by atoms with Crippen LogP contribution in [0.1, 0.15) is 39.3 Å². The van der Waals surface area contributed by atoms with E-state index in [1.165, 1.54) is 10.9 Å². The second-order valence-electron chi connectivity index (χ2n) is 5.37. The summed E-state index contributed by atoms with van der Waals surface area (Å²) in [6.45, 7) is 5.48. The molecule has 90 valence electrons. The first-order chi connectivity index (χ1) is 7.86. The number of hydrogen-bond acceptors (Lipinski definition) is 3. The van der Waals surface area contributed by atoms with E-state index in [1.54, 1.807) is 6.20 Å². The van der Waals surface area contributed by atoms with Crippen molar-refractivity contribution in [1.29, 1.82) is 0 Å². The van der Waals surface area contributed by atoms with Crippen LogP contribution in [0.2, 0.25) is 0 Å². The highest BCUT2D eigenvalue weighted by atomic mass is 16.6. The van der Waals surface area contributed by atoms with Crippen molar-refractivity contribution in [3.8, 4) is 12.3 Å². The van der Waals surface area contributed by atoms with Crippen LogP contribution in [0.15, 0.2) is 12.5 Å². The number of rotatable bonds is 1. The van der Waals surface area contributed by atoms with Gasteiger partial charge in [0.2, 0.25) is 0 Å². The van der Waals surface area contributed by atoms with Crippen molar-refractivity contribution in [1.82, 2.24) is 9.55 Å². The molecule has 1 aromatic heterocycles. The van der Waals surface area contributed by atoms with E-state index in [9.17, 15) is 4.79 Å². The maximum absolute atomic E-state index is 11.8. The largest absolute Gasteiger partial charge is 0.443 e. The molecule has 0 bridgehead atoms. The monoisotopic (exact) mass is 232 g/mol. The number of hydrogen-bond donors (Lipinski definition) is 0. The van der Waals surface area contributed by atoms with Crippen molar-refractivity contribution in [3.05, 3.63) is 18.2 Å². The smallest absolute Gasteiger partial charge is 0.419 e. The lowest BCUT2D eigenvalue weighted by Crippen LogP contribution is -2.26. The van der Waals surface area contributed by atoms with E-state index >= 15 is 0 Å². The fourth-order valence-electron chi connectivity index (χ4n) is 1.58. The Morgan fingerprint density at radius 2 is 2.24 bits per heavy atom. The second-order valence-corrected chi connectivity index (χ2v) is 5.37. The zero-order valence-corrected chi connectivity index (χ0v) is 10.4. The summed E-state index contributed by atoms with van der Waals surface area (Å²) < 4.78 is 6.58. The summed E-state index contributed by atoms with van der Waals surface area (Å²) in [4.78, 5) is 16.0. The average Bonchev–Trinajstić information content (AvgIpc) is 2.85. The van der Waals surface area contributed by atoms with E-state index in [1.807, 2.05) is 20.8 Å². The van der Waals surface area contributed by atoms with Gasteiger partial charge in [0.05, 0.1) is 11.1 Å². The number of nitrogens with zero attached hydrogens (tertiary/aromatic N) is 2. The summed E-state index contributed by atoms with van der Waals surface area (Å²) >= 11 is 0. The molecule has 0 aliphatic heterocycles. The van der Waals surface area contributed by atoms with Gasteiger partial charge in [0.15, 0.2) is 0 Å². The Hall–Kier alpha value is -1.76. The molecule has 4 nitrogen and oxygen atoms in total. The minimum atomic E-state index is -0.509. The fraction of sp³-hybridized carbons (Fsp3) is 0.538. The highest BCUT2D eigenvalue weighted by Crippen LogP contribution is 2.46. The van der Waals surface area contributed by atoms with E-state index in [0.717, 1.165) is 18.5 Å². The summed E-state index contributed by atoms with van der Waals surface area (Å²) in [6, 6.07) is 0. The Morgan fingerprint density at radius 3 is 2.71 bits per heavy atom. The minimum absolute atomic E-state index is 0.243. The van der Waals surface area contributed by atoms with Crippen LogP contribution in [0.25, 0.3) is 0 Å². The molecule has 0 amide bonds. The molecular formula is C13H16N2O2. The molecule has 0 saturated heterocycles. The topological polar surface area (TPSA) is 44.1 Å². The van der Waals surface area contributed by atoms with Crippen molar-refractivity contribution in [3.63, 3.8) is 0 Å². The number of carbonyl (C=O) groups excluding carboxylic acids is 1. The van der Waals surface area contributed by atoms with Crippen molar-refractivity contribution in [2.45, 2.75) is 44.6 Å². The van der Waals surface area contributed by atoms with Crippen LogP contribution >= 0.6 is 0 Å². The third-order valence-electron chi connectivity index (χ3n) is 2.70. The Labute approximate surface area is 101 Å². The Morgan fingerprint density at radius 1 is 1.59 bits per heavy atom. The first kappa shape index (κ1) is 11.7. The molecule has 1 aromatic rings. The molecule has 1 fully saturated rings. The quantitative estimate of drug-likeness (QED) is 0.698. The van der Waals surface area contributed by atoms with E-state index in [0.29, 0.717) is 0 Å². The maximum Gasteiger partial charge on any atom is 0.419 e. The predicted octanol–water partition coefficient (Wildman–Crippen LogP) is 2.33. The van der Waals surface area contributed by atoms with Crippen molar-refractivity contribution < 1.29 is 9.53 Å². The fourth-order valence-corrected chi connectivity index (χ4v) is 1.58. The molecule has 1 aliphatic carbocycles. The molecule has 0 atom stereocenters. The molecule has 0 radical (unpaired) electrons. The molecular weight excluding hydrogens is 216 g/mol.